The summed E-state index contributed by atoms with van der Waals surface area (Å²) in [4.78, 5) is 1.99. The minimum atomic E-state index is -0.418. The van der Waals surface area contributed by atoms with E-state index in [1.807, 2.05) is 25.8 Å². The molecule has 3 N–H and O–H groups in total. The maximum atomic E-state index is 9.49. The molecule has 0 rings (SSSR count). The molecule has 4 nitrogen and oxygen atoms in total. The third kappa shape index (κ3) is 8.18. The molecule has 0 spiro atoms. The summed E-state index contributed by atoms with van der Waals surface area (Å²) in [6.45, 7) is 6.34. The van der Waals surface area contributed by atoms with Crippen molar-refractivity contribution in [3.8, 4) is 0 Å². The zero-order chi connectivity index (χ0) is 10.3. The molecular weight excluding hydrogens is 168 g/mol. The molecule has 1 unspecified atom stereocenters. The van der Waals surface area contributed by atoms with Crippen LogP contribution in [0.5, 0.6) is 0 Å². The Kier molecular flexibility index (Phi) is 7.17. The van der Waals surface area contributed by atoms with Gasteiger partial charge < -0.3 is 20.5 Å². The highest BCUT2D eigenvalue weighted by Crippen LogP contribution is 1.93. The van der Waals surface area contributed by atoms with E-state index in [1.54, 1.807) is 0 Å². The van der Waals surface area contributed by atoms with Gasteiger partial charge in [-0.2, -0.15) is 0 Å². The van der Waals surface area contributed by atoms with Crippen molar-refractivity contribution in [2.24, 2.45) is 5.73 Å². The van der Waals surface area contributed by atoms with Gasteiger partial charge in [0.25, 0.3) is 0 Å². The molecule has 0 heterocycles. The zero-order valence-corrected chi connectivity index (χ0v) is 8.86. The summed E-state index contributed by atoms with van der Waals surface area (Å²) in [6, 6.07) is 0. The molecule has 0 saturated carbocycles. The van der Waals surface area contributed by atoms with E-state index in [1.165, 1.54) is 0 Å². The van der Waals surface area contributed by atoms with E-state index < -0.39 is 6.10 Å². The lowest BCUT2D eigenvalue weighted by atomic mass is 10.3. The van der Waals surface area contributed by atoms with Gasteiger partial charge in [-0.15, -0.1) is 0 Å². The highest BCUT2D eigenvalue weighted by molar-refractivity contribution is 4.61. The normalized spacial score (nSPS) is 14.1. The minimum Gasteiger partial charge on any atom is -0.389 e. The third-order valence-electron chi connectivity index (χ3n) is 1.66. The third-order valence-corrected chi connectivity index (χ3v) is 1.66. The molecule has 0 saturated heterocycles. The quantitative estimate of drug-likeness (QED) is 0.577. The van der Waals surface area contributed by atoms with E-state index >= 15 is 0 Å². The van der Waals surface area contributed by atoms with E-state index in [2.05, 4.69) is 0 Å². The van der Waals surface area contributed by atoms with E-state index in [9.17, 15) is 5.11 Å². The lowest BCUT2D eigenvalue weighted by molar-refractivity contribution is -0.00522. The SMILES string of the molecule is CC(C)OCC(O)CN(C)CCN. The van der Waals surface area contributed by atoms with Crippen molar-refractivity contribution in [1.29, 1.82) is 0 Å². The van der Waals surface area contributed by atoms with Gasteiger partial charge >= 0.3 is 0 Å². The number of ether oxygens (including phenoxy) is 1. The molecule has 0 aromatic rings. The molecule has 80 valence electrons. The maximum Gasteiger partial charge on any atom is 0.0900 e. The van der Waals surface area contributed by atoms with Crippen LogP contribution < -0.4 is 5.73 Å². The fourth-order valence-electron chi connectivity index (χ4n) is 1.03. The number of hydrogen-bond donors (Lipinski definition) is 2. The molecule has 0 aliphatic heterocycles. The Morgan fingerprint density at radius 2 is 2.08 bits per heavy atom. The first-order valence-corrected chi connectivity index (χ1v) is 4.74. The Morgan fingerprint density at radius 3 is 2.54 bits per heavy atom. The van der Waals surface area contributed by atoms with Crippen LogP contribution in [0.2, 0.25) is 0 Å². The Bertz CT molecular complexity index is 120. The van der Waals surface area contributed by atoms with Crippen LogP contribution in [-0.2, 0) is 4.74 Å². The molecule has 0 bridgehead atoms. The van der Waals surface area contributed by atoms with Crippen LogP contribution in [0.4, 0.5) is 0 Å². The average molecular weight is 190 g/mol. The van der Waals surface area contributed by atoms with Crippen LogP contribution in [-0.4, -0.2) is 55.5 Å². The molecule has 0 amide bonds. The van der Waals surface area contributed by atoms with Gasteiger partial charge in [-0.05, 0) is 20.9 Å². The number of aliphatic hydroxyl groups is 1. The number of aliphatic hydroxyl groups excluding tert-OH is 1. The van der Waals surface area contributed by atoms with Crippen molar-refractivity contribution in [3.63, 3.8) is 0 Å². The molecule has 4 heteroatoms. The second-order valence-corrected chi connectivity index (χ2v) is 3.59. The lowest BCUT2D eigenvalue weighted by Gasteiger charge is -2.20. The maximum absolute atomic E-state index is 9.49. The van der Waals surface area contributed by atoms with E-state index in [-0.39, 0.29) is 6.10 Å². The van der Waals surface area contributed by atoms with Gasteiger partial charge in [-0.25, -0.2) is 0 Å². The largest absolute Gasteiger partial charge is 0.389 e. The van der Waals surface area contributed by atoms with Crippen molar-refractivity contribution in [2.75, 3.05) is 33.3 Å². The minimum absolute atomic E-state index is 0.175. The first-order chi connectivity index (χ1) is 6.06. The fraction of sp³-hybridized carbons (Fsp3) is 1.00. The van der Waals surface area contributed by atoms with Crippen LogP contribution in [0.15, 0.2) is 0 Å². The molecule has 0 fully saturated rings. The lowest BCUT2D eigenvalue weighted by Crippen LogP contribution is -2.35. The van der Waals surface area contributed by atoms with E-state index in [0.717, 1.165) is 6.54 Å². The number of hydrogen-bond acceptors (Lipinski definition) is 4. The van der Waals surface area contributed by atoms with Gasteiger partial charge in [0.2, 0.25) is 0 Å². The summed E-state index contributed by atoms with van der Waals surface area (Å²) in [5.41, 5.74) is 5.37. The average Bonchev–Trinajstić information content (AvgIpc) is 2.01. The Labute approximate surface area is 80.7 Å². The first-order valence-electron chi connectivity index (χ1n) is 4.74. The van der Waals surface area contributed by atoms with Gasteiger partial charge in [0.1, 0.15) is 0 Å². The molecule has 1 atom stereocenters. The molecule has 0 radical (unpaired) electrons. The van der Waals surface area contributed by atoms with Crippen LogP contribution in [0.3, 0.4) is 0 Å². The van der Waals surface area contributed by atoms with Crippen LogP contribution >= 0.6 is 0 Å². The standard InChI is InChI=1S/C9H22N2O2/c1-8(2)13-7-9(12)6-11(3)5-4-10/h8-9,12H,4-7,10H2,1-3H3. The molecular formula is C9H22N2O2. The number of likely N-dealkylation sites (N-methyl/N-ethyl adjacent to an activating group) is 1. The number of nitrogens with two attached hydrogens (primary N) is 1. The predicted octanol–water partition coefficient (Wildman–Crippen LogP) is -0.337. The van der Waals surface area contributed by atoms with E-state index in [0.29, 0.717) is 19.7 Å². The first kappa shape index (κ1) is 12.8. The predicted molar refractivity (Wildman–Crippen MR) is 53.6 cm³/mol. The monoisotopic (exact) mass is 190 g/mol. The summed E-state index contributed by atoms with van der Waals surface area (Å²) in [6.07, 6.45) is -0.242. The Morgan fingerprint density at radius 1 is 1.46 bits per heavy atom. The Hall–Kier alpha value is -0.160. The smallest absolute Gasteiger partial charge is 0.0900 e. The van der Waals surface area contributed by atoms with E-state index in [4.69, 9.17) is 10.5 Å². The summed E-state index contributed by atoms with van der Waals surface area (Å²) in [5, 5.41) is 9.49. The van der Waals surface area contributed by atoms with Crippen LogP contribution in [0.1, 0.15) is 13.8 Å². The summed E-state index contributed by atoms with van der Waals surface area (Å²) >= 11 is 0. The fourth-order valence-corrected chi connectivity index (χ4v) is 1.03. The molecule has 0 aromatic carbocycles. The van der Waals surface area contributed by atoms with Gasteiger partial charge in [-0.3, -0.25) is 0 Å². The summed E-state index contributed by atoms with van der Waals surface area (Å²) < 4.78 is 5.27. The number of rotatable bonds is 7. The van der Waals surface area contributed by atoms with Crippen molar-refractivity contribution in [1.82, 2.24) is 4.90 Å². The summed E-state index contributed by atoms with van der Waals surface area (Å²) in [7, 11) is 1.94. The Balaban J connectivity index is 3.43. The molecule has 13 heavy (non-hydrogen) atoms. The highest BCUT2D eigenvalue weighted by atomic mass is 16.5. The van der Waals surface area contributed by atoms with Crippen molar-refractivity contribution in [3.05, 3.63) is 0 Å². The van der Waals surface area contributed by atoms with Crippen LogP contribution in [0, 0.1) is 0 Å². The van der Waals surface area contributed by atoms with Crippen molar-refractivity contribution < 1.29 is 9.84 Å². The topological polar surface area (TPSA) is 58.7 Å². The van der Waals surface area contributed by atoms with Crippen LogP contribution in [0.25, 0.3) is 0 Å². The zero-order valence-electron chi connectivity index (χ0n) is 8.86. The molecule has 0 aliphatic rings. The van der Waals surface area contributed by atoms with Gasteiger partial charge in [0.05, 0.1) is 18.8 Å². The van der Waals surface area contributed by atoms with Gasteiger partial charge in [0.15, 0.2) is 0 Å². The number of nitrogens with zero attached hydrogens (tertiary/aromatic N) is 1. The second-order valence-electron chi connectivity index (χ2n) is 3.59. The molecule has 0 aromatic heterocycles. The van der Waals surface area contributed by atoms with Gasteiger partial charge in [0, 0.05) is 19.6 Å². The summed E-state index contributed by atoms with van der Waals surface area (Å²) in [5.74, 6) is 0. The van der Waals surface area contributed by atoms with Gasteiger partial charge in [-0.1, -0.05) is 0 Å². The second kappa shape index (κ2) is 7.26. The van der Waals surface area contributed by atoms with Crippen molar-refractivity contribution in [2.45, 2.75) is 26.1 Å². The van der Waals surface area contributed by atoms with Crippen molar-refractivity contribution >= 4 is 0 Å². The highest BCUT2D eigenvalue weighted by Gasteiger charge is 2.08. The molecule has 0 aliphatic carbocycles.